The largest absolute Gasteiger partial charge is 0.444 e. The highest BCUT2D eigenvalue weighted by molar-refractivity contribution is 5.75. The van der Waals surface area contributed by atoms with E-state index in [2.05, 4.69) is 10.3 Å². The molecule has 21 heavy (non-hydrogen) atoms. The number of hydrogen-bond donors (Lipinski definition) is 1. The van der Waals surface area contributed by atoms with Gasteiger partial charge in [0.1, 0.15) is 12.1 Å². The quantitative estimate of drug-likeness (QED) is 0.901. The van der Waals surface area contributed by atoms with Crippen LogP contribution < -0.4 is 5.32 Å². The van der Waals surface area contributed by atoms with Gasteiger partial charge in [-0.15, -0.1) is 0 Å². The van der Waals surface area contributed by atoms with Gasteiger partial charge in [-0.05, 0) is 20.8 Å². The third-order valence-electron chi connectivity index (χ3n) is 3.29. The van der Waals surface area contributed by atoms with E-state index in [1.54, 1.807) is 24.5 Å². The van der Waals surface area contributed by atoms with E-state index in [1.807, 2.05) is 25.3 Å². The fraction of sp³-hybridized carbons (Fsp3) is 0.643. The molecule has 2 amide bonds. The summed E-state index contributed by atoms with van der Waals surface area (Å²) >= 11 is 0. The maximum atomic E-state index is 11.9. The minimum atomic E-state index is -0.483. The minimum Gasteiger partial charge on any atom is -0.444 e. The first-order valence-corrected chi connectivity index (χ1v) is 6.98. The van der Waals surface area contributed by atoms with Gasteiger partial charge >= 0.3 is 6.09 Å². The number of rotatable bonds is 3. The highest BCUT2D eigenvalue weighted by Crippen LogP contribution is 2.28. The van der Waals surface area contributed by atoms with Crippen molar-refractivity contribution in [2.75, 3.05) is 20.1 Å². The molecule has 0 saturated carbocycles. The minimum absolute atomic E-state index is 0.0717. The first kappa shape index (κ1) is 15.3. The summed E-state index contributed by atoms with van der Waals surface area (Å²) in [5.41, 5.74) is 0.488. The zero-order chi connectivity index (χ0) is 15.6. The Hall–Kier alpha value is -2.05. The summed E-state index contributed by atoms with van der Waals surface area (Å²) in [7, 11) is 1.60. The summed E-state index contributed by atoms with van der Waals surface area (Å²) < 4.78 is 7.14. The summed E-state index contributed by atoms with van der Waals surface area (Å²) in [6.45, 7) is 6.97. The summed E-state index contributed by atoms with van der Waals surface area (Å²) in [5, 5.41) is 2.59. The van der Waals surface area contributed by atoms with Crippen molar-refractivity contribution in [2.24, 2.45) is 0 Å². The molecule has 2 rings (SSSR count). The van der Waals surface area contributed by atoms with Crippen LogP contribution in [0.3, 0.4) is 0 Å². The number of carbonyl (C=O) groups excluding carboxylic acids is 2. The fourth-order valence-electron chi connectivity index (χ4n) is 2.18. The average molecular weight is 294 g/mol. The van der Waals surface area contributed by atoms with Crippen molar-refractivity contribution in [3.8, 4) is 0 Å². The van der Waals surface area contributed by atoms with Crippen molar-refractivity contribution in [3.63, 3.8) is 0 Å². The third kappa shape index (κ3) is 3.74. The molecule has 7 heteroatoms. The Kier molecular flexibility index (Phi) is 4.20. The smallest absolute Gasteiger partial charge is 0.410 e. The molecule has 0 spiro atoms. The summed E-state index contributed by atoms with van der Waals surface area (Å²) in [5.74, 6) is 0.127. The number of likely N-dealkylation sites (tertiary alicyclic amines) is 1. The van der Waals surface area contributed by atoms with Crippen LogP contribution in [0.4, 0.5) is 4.79 Å². The standard InChI is InChI=1S/C14H22N4O3/c1-14(2,3)21-13(20)17-6-10(7-17)11-5-16-9-18(11)8-12(19)15-4/h5,9-10H,6-8H2,1-4H3,(H,15,19). The first-order chi connectivity index (χ1) is 9.80. The molecule has 1 saturated heterocycles. The average Bonchev–Trinajstić information content (AvgIpc) is 2.72. The lowest BCUT2D eigenvalue weighted by Crippen LogP contribution is -2.50. The second-order valence-corrected chi connectivity index (χ2v) is 6.20. The molecular formula is C14H22N4O3. The van der Waals surface area contributed by atoms with E-state index in [9.17, 15) is 9.59 Å². The Morgan fingerprint density at radius 1 is 1.43 bits per heavy atom. The van der Waals surface area contributed by atoms with Gasteiger partial charge in [0.25, 0.3) is 0 Å². The van der Waals surface area contributed by atoms with Gasteiger partial charge in [0.2, 0.25) is 5.91 Å². The molecule has 0 unspecified atom stereocenters. The summed E-state index contributed by atoms with van der Waals surface area (Å²) in [6.07, 6.45) is 3.09. The van der Waals surface area contributed by atoms with Gasteiger partial charge < -0.3 is 19.5 Å². The van der Waals surface area contributed by atoms with Crippen LogP contribution in [0.15, 0.2) is 12.5 Å². The number of hydrogen-bond acceptors (Lipinski definition) is 4. The lowest BCUT2D eigenvalue weighted by atomic mass is 9.97. The van der Waals surface area contributed by atoms with Crippen molar-refractivity contribution in [1.82, 2.24) is 19.8 Å². The van der Waals surface area contributed by atoms with E-state index in [4.69, 9.17) is 4.74 Å². The van der Waals surface area contributed by atoms with E-state index in [0.29, 0.717) is 13.1 Å². The summed E-state index contributed by atoms with van der Waals surface area (Å²) in [4.78, 5) is 29.1. The topological polar surface area (TPSA) is 76.5 Å². The van der Waals surface area contributed by atoms with Gasteiger partial charge in [-0.2, -0.15) is 0 Å². The van der Waals surface area contributed by atoms with Gasteiger partial charge in [0, 0.05) is 37.9 Å². The molecule has 0 aromatic carbocycles. The lowest BCUT2D eigenvalue weighted by molar-refractivity contribution is -0.121. The Morgan fingerprint density at radius 2 is 2.10 bits per heavy atom. The number of imidazole rings is 1. The van der Waals surface area contributed by atoms with Crippen molar-refractivity contribution >= 4 is 12.0 Å². The van der Waals surface area contributed by atoms with E-state index in [0.717, 1.165) is 5.69 Å². The molecule has 2 heterocycles. The van der Waals surface area contributed by atoms with Crippen molar-refractivity contribution in [1.29, 1.82) is 0 Å². The highest BCUT2D eigenvalue weighted by Gasteiger charge is 2.36. The molecule has 1 N–H and O–H groups in total. The molecule has 1 aromatic heterocycles. The van der Waals surface area contributed by atoms with Crippen molar-refractivity contribution in [3.05, 3.63) is 18.2 Å². The van der Waals surface area contributed by atoms with Gasteiger partial charge in [-0.1, -0.05) is 0 Å². The second kappa shape index (κ2) is 5.75. The fourth-order valence-corrected chi connectivity index (χ4v) is 2.18. The van der Waals surface area contributed by atoms with Gasteiger partial charge in [0.05, 0.1) is 6.33 Å². The molecule has 0 radical (unpaired) electrons. The van der Waals surface area contributed by atoms with Crippen LogP contribution in [-0.4, -0.2) is 52.2 Å². The Labute approximate surface area is 124 Å². The SMILES string of the molecule is CNC(=O)Cn1cncc1C1CN(C(=O)OC(C)(C)C)C1. The van der Waals surface area contributed by atoms with Crippen LogP contribution in [0.2, 0.25) is 0 Å². The monoisotopic (exact) mass is 294 g/mol. The number of nitrogens with zero attached hydrogens (tertiary/aromatic N) is 3. The number of nitrogens with one attached hydrogen (secondary N) is 1. The van der Waals surface area contributed by atoms with Crippen molar-refractivity contribution < 1.29 is 14.3 Å². The van der Waals surface area contributed by atoms with Crippen LogP contribution in [-0.2, 0) is 16.1 Å². The second-order valence-electron chi connectivity index (χ2n) is 6.20. The van der Waals surface area contributed by atoms with Gasteiger partial charge in [0.15, 0.2) is 0 Å². The maximum absolute atomic E-state index is 11.9. The predicted molar refractivity (Wildman–Crippen MR) is 76.8 cm³/mol. The van der Waals surface area contributed by atoms with Crippen LogP contribution in [0.25, 0.3) is 0 Å². The van der Waals surface area contributed by atoms with Gasteiger partial charge in [-0.25, -0.2) is 9.78 Å². The number of carbonyl (C=O) groups is 2. The molecule has 1 aliphatic rings. The Morgan fingerprint density at radius 3 is 2.67 bits per heavy atom. The lowest BCUT2D eigenvalue weighted by Gasteiger charge is -2.39. The normalized spacial score (nSPS) is 15.5. The number of aromatic nitrogens is 2. The van der Waals surface area contributed by atoms with E-state index < -0.39 is 5.60 Å². The predicted octanol–water partition coefficient (Wildman–Crippen LogP) is 0.963. The van der Waals surface area contributed by atoms with E-state index in [-0.39, 0.29) is 24.5 Å². The van der Waals surface area contributed by atoms with Crippen LogP contribution in [0.1, 0.15) is 32.4 Å². The molecule has 1 fully saturated rings. The van der Waals surface area contributed by atoms with E-state index >= 15 is 0 Å². The Bertz CT molecular complexity index is 527. The maximum Gasteiger partial charge on any atom is 0.410 e. The van der Waals surface area contributed by atoms with Crippen LogP contribution >= 0.6 is 0 Å². The van der Waals surface area contributed by atoms with Gasteiger partial charge in [-0.3, -0.25) is 4.79 Å². The first-order valence-electron chi connectivity index (χ1n) is 6.98. The zero-order valence-corrected chi connectivity index (χ0v) is 12.9. The van der Waals surface area contributed by atoms with Crippen LogP contribution in [0, 0.1) is 0 Å². The van der Waals surface area contributed by atoms with Crippen molar-refractivity contribution in [2.45, 2.75) is 38.8 Å². The number of ether oxygens (including phenoxy) is 1. The number of likely N-dealkylation sites (N-methyl/N-ethyl adjacent to an activating group) is 1. The molecule has 0 aliphatic carbocycles. The molecule has 116 valence electrons. The zero-order valence-electron chi connectivity index (χ0n) is 12.9. The van der Waals surface area contributed by atoms with E-state index in [1.165, 1.54) is 0 Å². The molecule has 1 aromatic rings. The highest BCUT2D eigenvalue weighted by atomic mass is 16.6. The molecule has 0 bridgehead atoms. The van der Waals surface area contributed by atoms with Crippen LogP contribution in [0.5, 0.6) is 0 Å². The Balaban J connectivity index is 1.92. The molecule has 7 nitrogen and oxygen atoms in total. The molecule has 1 aliphatic heterocycles. The molecular weight excluding hydrogens is 272 g/mol. The molecule has 0 atom stereocenters. The number of amides is 2. The third-order valence-corrected chi connectivity index (χ3v) is 3.29. The summed E-state index contributed by atoms with van der Waals surface area (Å²) in [6, 6.07) is 0.